The molecule has 2 aromatic rings. The summed E-state index contributed by atoms with van der Waals surface area (Å²) < 4.78 is 11.6. The van der Waals surface area contributed by atoms with Gasteiger partial charge in [0.1, 0.15) is 11.9 Å². The van der Waals surface area contributed by atoms with Crippen LogP contribution in [0.1, 0.15) is 34.3 Å². The third kappa shape index (κ3) is 7.29. The lowest BCUT2D eigenvalue weighted by Gasteiger charge is -2.18. The van der Waals surface area contributed by atoms with Crippen LogP contribution in [-0.4, -0.2) is 51.3 Å². The topological polar surface area (TPSA) is 84.0 Å². The molecule has 1 amide bonds. The lowest BCUT2D eigenvalue weighted by Crippen LogP contribution is -2.38. The van der Waals surface area contributed by atoms with Gasteiger partial charge in [0.05, 0.1) is 13.2 Å². The molecule has 0 saturated carbocycles. The molecule has 166 valence electrons. The molecule has 31 heavy (non-hydrogen) atoms. The summed E-state index contributed by atoms with van der Waals surface area (Å²) >= 11 is 0. The van der Waals surface area contributed by atoms with E-state index in [1.807, 2.05) is 30.3 Å². The van der Waals surface area contributed by atoms with Gasteiger partial charge in [-0.25, -0.2) is 0 Å². The van der Waals surface area contributed by atoms with E-state index < -0.39 is 0 Å². The van der Waals surface area contributed by atoms with Gasteiger partial charge < -0.3 is 25.4 Å². The van der Waals surface area contributed by atoms with Crippen LogP contribution in [0.15, 0.2) is 53.5 Å². The molecule has 0 spiro atoms. The SMILES string of the molecule is CN=C(NCCCNC(=O)c1ccccc1)NCc1ccc(C)cc1OC1CCOC1. The average Bonchev–Trinajstić information content (AvgIpc) is 3.30. The maximum atomic E-state index is 12.0. The number of carbonyl (C=O) groups is 1. The molecule has 1 fully saturated rings. The number of nitrogens with one attached hydrogen (secondary N) is 3. The molecule has 1 aliphatic heterocycles. The molecule has 0 aromatic heterocycles. The Hall–Kier alpha value is -3.06. The van der Waals surface area contributed by atoms with Gasteiger partial charge in [0.15, 0.2) is 5.96 Å². The summed E-state index contributed by atoms with van der Waals surface area (Å²) in [5.41, 5.74) is 2.92. The fourth-order valence-electron chi connectivity index (χ4n) is 3.29. The molecule has 3 rings (SSSR count). The molecule has 0 radical (unpaired) electrons. The molecular formula is C24H32N4O3. The molecule has 7 heteroatoms. The zero-order valence-corrected chi connectivity index (χ0v) is 18.3. The number of carbonyl (C=O) groups excluding carboxylic acids is 1. The molecule has 3 N–H and O–H groups in total. The van der Waals surface area contributed by atoms with Crippen molar-refractivity contribution < 1.29 is 14.3 Å². The Labute approximate surface area is 184 Å². The van der Waals surface area contributed by atoms with Gasteiger partial charge in [0, 0.05) is 44.2 Å². The van der Waals surface area contributed by atoms with Gasteiger partial charge in [-0.1, -0.05) is 30.3 Å². The summed E-state index contributed by atoms with van der Waals surface area (Å²) in [5, 5.41) is 9.55. The average molecular weight is 425 g/mol. The summed E-state index contributed by atoms with van der Waals surface area (Å²) in [6, 6.07) is 15.5. The molecule has 1 aliphatic rings. The van der Waals surface area contributed by atoms with Crippen LogP contribution in [0.2, 0.25) is 0 Å². The van der Waals surface area contributed by atoms with Gasteiger partial charge in [-0.15, -0.1) is 0 Å². The van der Waals surface area contributed by atoms with Crippen LogP contribution in [0.25, 0.3) is 0 Å². The first-order chi connectivity index (χ1) is 15.2. The molecule has 1 atom stereocenters. The molecule has 7 nitrogen and oxygen atoms in total. The van der Waals surface area contributed by atoms with Gasteiger partial charge in [-0.2, -0.15) is 0 Å². The summed E-state index contributed by atoms with van der Waals surface area (Å²) in [7, 11) is 1.74. The quantitative estimate of drug-likeness (QED) is 0.327. The number of ether oxygens (including phenoxy) is 2. The van der Waals surface area contributed by atoms with E-state index in [0.717, 1.165) is 36.3 Å². The maximum Gasteiger partial charge on any atom is 0.251 e. The van der Waals surface area contributed by atoms with Gasteiger partial charge in [0.25, 0.3) is 5.91 Å². The number of guanidine groups is 1. The molecule has 0 aliphatic carbocycles. The van der Waals surface area contributed by atoms with Gasteiger partial charge in [-0.05, 0) is 37.1 Å². The Morgan fingerprint density at radius 2 is 1.94 bits per heavy atom. The lowest BCUT2D eigenvalue weighted by molar-refractivity contribution is 0.0953. The monoisotopic (exact) mass is 424 g/mol. The van der Waals surface area contributed by atoms with E-state index in [2.05, 4.69) is 46.1 Å². The summed E-state index contributed by atoms with van der Waals surface area (Å²) in [4.78, 5) is 16.3. The predicted octanol–water partition coefficient (Wildman–Crippen LogP) is 2.65. The van der Waals surface area contributed by atoms with Crippen LogP contribution < -0.4 is 20.7 Å². The first kappa shape index (κ1) is 22.6. The fourth-order valence-corrected chi connectivity index (χ4v) is 3.29. The fraction of sp³-hybridized carbons (Fsp3) is 0.417. The second-order valence-electron chi connectivity index (χ2n) is 7.54. The number of aliphatic imine (C=N–C) groups is 1. The van der Waals surface area contributed by atoms with Gasteiger partial charge >= 0.3 is 0 Å². The Kier molecular flexibility index (Phi) is 8.72. The van der Waals surface area contributed by atoms with Crippen molar-refractivity contribution in [3.8, 4) is 5.75 Å². The number of hydrogen-bond acceptors (Lipinski definition) is 4. The normalized spacial score (nSPS) is 16.1. The number of nitrogens with zero attached hydrogens (tertiary/aromatic N) is 1. The van der Waals surface area contributed by atoms with Crippen LogP contribution in [0.5, 0.6) is 5.75 Å². The highest BCUT2D eigenvalue weighted by atomic mass is 16.5. The number of rotatable bonds is 9. The standard InChI is InChI=1S/C24H32N4O3/c1-18-9-10-20(22(15-18)31-21-11-14-30-17-21)16-28-24(25-2)27-13-6-12-26-23(29)19-7-4-3-5-8-19/h3-5,7-10,15,21H,6,11-14,16-17H2,1-2H3,(H,26,29)(H2,25,27,28). The molecule has 1 saturated heterocycles. The second-order valence-corrected chi connectivity index (χ2v) is 7.54. The zero-order chi connectivity index (χ0) is 21.9. The number of aryl methyl sites for hydroxylation is 1. The van der Waals surface area contributed by atoms with Crippen LogP contribution in [0, 0.1) is 6.92 Å². The van der Waals surface area contributed by atoms with Crippen molar-refractivity contribution >= 4 is 11.9 Å². The van der Waals surface area contributed by atoms with Crippen molar-refractivity contribution in [2.45, 2.75) is 32.4 Å². The maximum absolute atomic E-state index is 12.0. The van der Waals surface area contributed by atoms with Crippen molar-refractivity contribution in [3.05, 3.63) is 65.2 Å². The molecular weight excluding hydrogens is 392 g/mol. The largest absolute Gasteiger partial charge is 0.488 e. The molecule has 1 unspecified atom stereocenters. The first-order valence-corrected chi connectivity index (χ1v) is 10.8. The summed E-state index contributed by atoms with van der Waals surface area (Å²) in [5.74, 6) is 1.55. The van der Waals surface area contributed by atoms with E-state index >= 15 is 0 Å². The van der Waals surface area contributed by atoms with Gasteiger partial charge in [0.2, 0.25) is 0 Å². The molecule has 0 bridgehead atoms. The molecule has 2 aromatic carbocycles. The first-order valence-electron chi connectivity index (χ1n) is 10.8. The predicted molar refractivity (Wildman–Crippen MR) is 123 cm³/mol. The van der Waals surface area contributed by atoms with Crippen molar-refractivity contribution in [2.24, 2.45) is 4.99 Å². The summed E-state index contributed by atoms with van der Waals surface area (Å²) in [6.45, 7) is 5.36. The zero-order valence-electron chi connectivity index (χ0n) is 18.3. The number of benzene rings is 2. The Morgan fingerprint density at radius 1 is 1.13 bits per heavy atom. The van der Waals surface area contributed by atoms with E-state index in [0.29, 0.717) is 37.8 Å². The van der Waals surface area contributed by atoms with Crippen LogP contribution in [-0.2, 0) is 11.3 Å². The highest BCUT2D eigenvalue weighted by Crippen LogP contribution is 2.23. The Bertz CT molecular complexity index is 864. The van der Waals surface area contributed by atoms with E-state index in [9.17, 15) is 4.79 Å². The van der Waals surface area contributed by atoms with Crippen molar-refractivity contribution in [1.82, 2.24) is 16.0 Å². The van der Waals surface area contributed by atoms with Crippen molar-refractivity contribution in [2.75, 3.05) is 33.4 Å². The minimum atomic E-state index is -0.0531. The van der Waals surface area contributed by atoms with Gasteiger partial charge in [-0.3, -0.25) is 9.79 Å². The highest BCUT2D eigenvalue weighted by Gasteiger charge is 2.18. The molecule has 1 heterocycles. The minimum absolute atomic E-state index is 0.0531. The second kappa shape index (κ2) is 12.0. The number of hydrogen-bond donors (Lipinski definition) is 3. The van der Waals surface area contributed by atoms with Crippen molar-refractivity contribution in [3.63, 3.8) is 0 Å². The third-order valence-corrected chi connectivity index (χ3v) is 5.04. The number of amides is 1. The lowest BCUT2D eigenvalue weighted by atomic mass is 10.1. The smallest absolute Gasteiger partial charge is 0.251 e. The van der Waals surface area contributed by atoms with E-state index in [-0.39, 0.29) is 12.0 Å². The third-order valence-electron chi connectivity index (χ3n) is 5.04. The Balaban J connectivity index is 1.41. The van der Waals surface area contributed by atoms with Crippen LogP contribution in [0.3, 0.4) is 0 Å². The van der Waals surface area contributed by atoms with E-state index in [1.54, 1.807) is 7.05 Å². The van der Waals surface area contributed by atoms with E-state index in [4.69, 9.17) is 9.47 Å². The van der Waals surface area contributed by atoms with Crippen LogP contribution >= 0.6 is 0 Å². The minimum Gasteiger partial charge on any atom is -0.488 e. The summed E-state index contributed by atoms with van der Waals surface area (Å²) in [6.07, 6.45) is 1.83. The van der Waals surface area contributed by atoms with Crippen molar-refractivity contribution in [1.29, 1.82) is 0 Å². The Morgan fingerprint density at radius 3 is 2.68 bits per heavy atom. The highest BCUT2D eigenvalue weighted by molar-refractivity contribution is 5.94. The van der Waals surface area contributed by atoms with Crippen LogP contribution in [0.4, 0.5) is 0 Å². The van der Waals surface area contributed by atoms with E-state index in [1.165, 1.54) is 0 Å².